The maximum Gasteiger partial charge on any atom is 0.355 e. The second-order valence-electron chi connectivity index (χ2n) is 9.65. The minimum absolute atomic E-state index is 0.00353. The van der Waals surface area contributed by atoms with Crippen LogP contribution in [0.1, 0.15) is 21.6 Å². The summed E-state index contributed by atoms with van der Waals surface area (Å²) in [6, 6.07) is 17.2. The number of benzene rings is 3. The summed E-state index contributed by atoms with van der Waals surface area (Å²) in [7, 11) is 5.87. The molecule has 0 unspecified atom stereocenters. The Morgan fingerprint density at radius 2 is 1.51 bits per heavy atom. The molecule has 5 rings (SSSR count). The Balaban J connectivity index is 1.91. The summed E-state index contributed by atoms with van der Waals surface area (Å²) in [6.45, 7) is 2.06. The van der Waals surface area contributed by atoms with Gasteiger partial charge in [-0.15, -0.1) is 0 Å². The Hall–Kier alpha value is -5.51. The second kappa shape index (κ2) is 12.2. The van der Waals surface area contributed by atoms with Crippen LogP contribution in [-0.2, 0) is 11.3 Å². The van der Waals surface area contributed by atoms with Crippen molar-refractivity contribution in [3.05, 3.63) is 100 Å². The van der Waals surface area contributed by atoms with Crippen molar-refractivity contribution in [1.29, 1.82) is 0 Å². The number of fused-ring (bicyclic) bond motifs is 1. The SMILES string of the molecule is COC(=O)c1c(-c2cc(OC)c(C)c(OC)c2)c2cc(OC)c(OCc3cccnc3)cc2c(=O)n1-c1ccc(N)cc1. The van der Waals surface area contributed by atoms with Gasteiger partial charge >= 0.3 is 5.97 Å². The highest BCUT2D eigenvalue weighted by Crippen LogP contribution is 2.42. The fraction of sp³-hybridized carbons (Fsp3) is 0.182. The first-order valence-electron chi connectivity index (χ1n) is 13.3. The van der Waals surface area contributed by atoms with Crippen molar-refractivity contribution in [3.63, 3.8) is 0 Å². The van der Waals surface area contributed by atoms with Crippen LogP contribution in [0.3, 0.4) is 0 Å². The van der Waals surface area contributed by atoms with Gasteiger partial charge < -0.3 is 29.4 Å². The molecule has 0 saturated carbocycles. The predicted molar refractivity (Wildman–Crippen MR) is 164 cm³/mol. The Morgan fingerprint density at radius 1 is 0.860 bits per heavy atom. The van der Waals surface area contributed by atoms with E-state index in [1.165, 1.54) is 18.8 Å². The molecule has 2 aromatic heterocycles. The number of rotatable bonds is 9. The molecule has 0 amide bonds. The van der Waals surface area contributed by atoms with Crippen LogP contribution in [0.2, 0.25) is 0 Å². The molecular formula is C33H31N3O7. The lowest BCUT2D eigenvalue weighted by atomic mass is 9.94. The Bertz CT molecular complexity index is 1840. The van der Waals surface area contributed by atoms with Gasteiger partial charge in [-0.2, -0.15) is 0 Å². The average molecular weight is 582 g/mol. The number of carbonyl (C=O) groups excluding carboxylic acids is 1. The maximum atomic E-state index is 14.3. The normalized spacial score (nSPS) is 10.8. The molecule has 0 aliphatic heterocycles. The first kappa shape index (κ1) is 29.0. The third-order valence-electron chi connectivity index (χ3n) is 7.16. The van der Waals surface area contributed by atoms with Crippen molar-refractivity contribution in [1.82, 2.24) is 9.55 Å². The van der Waals surface area contributed by atoms with Gasteiger partial charge in [0.2, 0.25) is 0 Å². The van der Waals surface area contributed by atoms with Crippen LogP contribution < -0.4 is 30.2 Å². The van der Waals surface area contributed by atoms with Gasteiger partial charge in [0, 0.05) is 45.8 Å². The first-order chi connectivity index (χ1) is 20.8. The van der Waals surface area contributed by atoms with Gasteiger partial charge in [-0.3, -0.25) is 14.3 Å². The summed E-state index contributed by atoms with van der Waals surface area (Å²) in [4.78, 5) is 32.1. The molecule has 5 aromatic rings. The van der Waals surface area contributed by atoms with E-state index in [9.17, 15) is 9.59 Å². The average Bonchev–Trinajstić information content (AvgIpc) is 3.04. The summed E-state index contributed by atoms with van der Waals surface area (Å²) in [6.07, 6.45) is 3.37. The second-order valence-corrected chi connectivity index (χ2v) is 9.65. The minimum atomic E-state index is -0.722. The van der Waals surface area contributed by atoms with E-state index in [0.717, 1.165) is 11.1 Å². The predicted octanol–water partition coefficient (Wildman–Crippen LogP) is 5.33. The number of pyridine rings is 2. The molecule has 0 fully saturated rings. The molecule has 0 radical (unpaired) electrons. The van der Waals surface area contributed by atoms with E-state index in [-0.39, 0.29) is 17.7 Å². The van der Waals surface area contributed by atoms with Crippen molar-refractivity contribution in [2.45, 2.75) is 13.5 Å². The number of anilines is 1. The van der Waals surface area contributed by atoms with Gasteiger partial charge in [0.05, 0.1) is 33.8 Å². The molecule has 10 heteroatoms. The molecule has 10 nitrogen and oxygen atoms in total. The number of ether oxygens (including phenoxy) is 5. The van der Waals surface area contributed by atoms with Crippen LogP contribution >= 0.6 is 0 Å². The molecule has 0 aliphatic rings. The number of nitrogens with zero attached hydrogens (tertiary/aromatic N) is 2. The van der Waals surface area contributed by atoms with Crippen molar-refractivity contribution in [2.75, 3.05) is 34.2 Å². The van der Waals surface area contributed by atoms with Gasteiger partial charge in [-0.05, 0) is 67.1 Å². The lowest BCUT2D eigenvalue weighted by molar-refractivity contribution is 0.0591. The van der Waals surface area contributed by atoms with Crippen LogP contribution in [0, 0.1) is 6.92 Å². The van der Waals surface area contributed by atoms with Crippen LogP contribution in [-0.4, -0.2) is 44.0 Å². The number of hydrogen-bond donors (Lipinski definition) is 1. The molecule has 3 aromatic carbocycles. The quantitative estimate of drug-likeness (QED) is 0.182. The fourth-order valence-corrected chi connectivity index (χ4v) is 5.00. The molecule has 2 N–H and O–H groups in total. The monoisotopic (exact) mass is 581 g/mol. The molecular weight excluding hydrogens is 550 g/mol. The highest BCUT2D eigenvalue weighted by atomic mass is 16.5. The number of methoxy groups -OCH3 is 4. The molecule has 43 heavy (non-hydrogen) atoms. The Kier molecular flexibility index (Phi) is 8.20. The molecule has 0 aliphatic carbocycles. The van der Waals surface area contributed by atoms with Crippen LogP contribution in [0.5, 0.6) is 23.0 Å². The van der Waals surface area contributed by atoms with Crippen LogP contribution in [0.15, 0.2) is 77.9 Å². The number of carbonyl (C=O) groups is 1. The lowest BCUT2D eigenvalue weighted by Gasteiger charge is -2.21. The smallest absolute Gasteiger partial charge is 0.355 e. The molecule has 220 valence electrons. The third-order valence-corrected chi connectivity index (χ3v) is 7.16. The van der Waals surface area contributed by atoms with Gasteiger partial charge in [0.15, 0.2) is 11.5 Å². The van der Waals surface area contributed by atoms with Crippen LogP contribution in [0.4, 0.5) is 5.69 Å². The maximum absolute atomic E-state index is 14.3. The standard InChI is InChI=1S/C33H31N3O7/c1-19-26(39-2)13-21(14-27(19)40-3)30-24-15-28(41-4)29(43-18-20-7-6-12-35-17-20)16-25(24)32(37)36(31(30)33(38)42-5)23-10-8-22(34)9-11-23/h6-17H,18,34H2,1-5H3. The van der Waals surface area contributed by atoms with E-state index < -0.39 is 11.5 Å². The van der Waals surface area contributed by atoms with Gasteiger partial charge in [-0.25, -0.2) is 4.79 Å². The zero-order valence-corrected chi connectivity index (χ0v) is 24.5. The van der Waals surface area contributed by atoms with Gasteiger partial charge in [0.1, 0.15) is 23.8 Å². The number of esters is 1. The Labute approximate surface area is 248 Å². The van der Waals surface area contributed by atoms with Crippen molar-refractivity contribution in [2.24, 2.45) is 0 Å². The molecule has 0 bridgehead atoms. The van der Waals surface area contributed by atoms with Crippen molar-refractivity contribution < 1.29 is 28.5 Å². The minimum Gasteiger partial charge on any atom is -0.496 e. The van der Waals surface area contributed by atoms with Gasteiger partial charge in [-0.1, -0.05) is 6.07 Å². The van der Waals surface area contributed by atoms with E-state index in [1.54, 1.807) is 75.1 Å². The summed E-state index contributed by atoms with van der Waals surface area (Å²) in [5, 5.41) is 0.718. The zero-order chi connectivity index (χ0) is 30.7. The molecule has 0 atom stereocenters. The summed E-state index contributed by atoms with van der Waals surface area (Å²) < 4.78 is 29.7. The third kappa shape index (κ3) is 5.42. The van der Waals surface area contributed by atoms with E-state index in [1.807, 2.05) is 19.1 Å². The fourth-order valence-electron chi connectivity index (χ4n) is 5.00. The topological polar surface area (TPSA) is 124 Å². The highest BCUT2D eigenvalue weighted by Gasteiger charge is 2.28. The zero-order valence-electron chi connectivity index (χ0n) is 24.5. The first-order valence-corrected chi connectivity index (χ1v) is 13.3. The summed E-state index contributed by atoms with van der Waals surface area (Å²) in [5.41, 5.74) is 8.98. The van der Waals surface area contributed by atoms with E-state index in [2.05, 4.69) is 4.98 Å². The number of hydrogen-bond acceptors (Lipinski definition) is 9. The van der Waals surface area contributed by atoms with E-state index >= 15 is 0 Å². The molecule has 0 spiro atoms. The van der Waals surface area contributed by atoms with E-state index in [4.69, 9.17) is 29.4 Å². The number of nitrogen functional groups attached to an aromatic ring is 1. The molecule has 2 heterocycles. The Morgan fingerprint density at radius 3 is 2.09 bits per heavy atom. The highest BCUT2D eigenvalue weighted by molar-refractivity contribution is 6.08. The van der Waals surface area contributed by atoms with E-state index in [0.29, 0.717) is 50.9 Å². The molecule has 0 saturated heterocycles. The van der Waals surface area contributed by atoms with Crippen LogP contribution in [0.25, 0.3) is 27.6 Å². The van der Waals surface area contributed by atoms with Crippen molar-refractivity contribution >= 4 is 22.4 Å². The lowest BCUT2D eigenvalue weighted by Crippen LogP contribution is -2.27. The largest absolute Gasteiger partial charge is 0.496 e. The van der Waals surface area contributed by atoms with Gasteiger partial charge in [0.25, 0.3) is 5.56 Å². The summed E-state index contributed by atoms with van der Waals surface area (Å²) in [5.74, 6) is 1.05. The number of aromatic nitrogens is 2. The number of nitrogens with two attached hydrogens (primary N) is 1. The summed E-state index contributed by atoms with van der Waals surface area (Å²) >= 11 is 0. The van der Waals surface area contributed by atoms with Crippen molar-refractivity contribution in [3.8, 4) is 39.8 Å².